The minimum atomic E-state index is -0.209. The first kappa shape index (κ1) is 14.9. The molecule has 21 heavy (non-hydrogen) atoms. The summed E-state index contributed by atoms with van der Waals surface area (Å²) < 4.78 is 0. The topological polar surface area (TPSA) is 40.5 Å². The Morgan fingerprint density at radius 2 is 1.95 bits per heavy atom. The third-order valence-corrected chi connectivity index (χ3v) is 5.81. The highest BCUT2D eigenvalue weighted by atomic mass is 16.3. The Hall–Kier alpha value is -1.02. The summed E-state index contributed by atoms with van der Waals surface area (Å²) in [6.45, 7) is 8.84. The first-order valence-electron chi connectivity index (χ1n) is 8.33. The second kappa shape index (κ2) is 5.01. The fraction of sp³-hybridized carbons (Fsp3) is 0.684. The molecule has 1 aromatic rings. The third-order valence-electron chi connectivity index (χ3n) is 5.81. The van der Waals surface area contributed by atoms with Crippen molar-refractivity contribution in [2.45, 2.75) is 71.3 Å². The van der Waals surface area contributed by atoms with Crippen LogP contribution in [0.3, 0.4) is 0 Å². The average Bonchev–Trinajstić information content (AvgIpc) is 2.36. The number of aliphatic hydroxyl groups is 1. The zero-order chi connectivity index (χ0) is 15.4. The van der Waals surface area contributed by atoms with Crippen molar-refractivity contribution in [3.63, 3.8) is 0 Å². The Balaban J connectivity index is 2.04. The Kier molecular flexibility index (Phi) is 3.56. The van der Waals surface area contributed by atoms with Crippen molar-refractivity contribution in [2.75, 3.05) is 0 Å². The van der Waals surface area contributed by atoms with Crippen LogP contribution in [0.2, 0.25) is 0 Å². The molecular weight excluding hydrogens is 260 g/mol. The Labute approximate surface area is 128 Å². The van der Waals surface area contributed by atoms with E-state index < -0.39 is 0 Å². The maximum Gasteiger partial charge on any atom is 0.119 e. The van der Waals surface area contributed by atoms with Crippen LogP contribution in [0.5, 0.6) is 5.75 Å². The van der Waals surface area contributed by atoms with E-state index in [0.29, 0.717) is 23.5 Å². The lowest BCUT2D eigenvalue weighted by Crippen LogP contribution is -2.42. The van der Waals surface area contributed by atoms with Gasteiger partial charge in [-0.25, -0.2) is 0 Å². The highest BCUT2D eigenvalue weighted by Gasteiger charge is 2.45. The highest BCUT2D eigenvalue weighted by molar-refractivity contribution is 5.46. The van der Waals surface area contributed by atoms with Crippen molar-refractivity contribution in [1.82, 2.24) is 0 Å². The van der Waals surface area contributed by atoms with Gasteiger partial charge in [0.15, 0.2) is 0 Å². The monoisotopic (exact) mass is 288 g/mol. The number of hydrogen-bond donors (Lipinski definition) is 2. The fourth-order valence-electron chi connectivity index (χ4n) is 4.78. The lowest BCUT2D eigenvalue weighted by Gasteiger charge is -2.49. The van der Waals surface area contributed by atoms with E-state index in [0.717, 1.165) is 24.8 Å². The Morgan fingerprint density at radius 1 is 1.24 bits per heavy atom. The van der Waals surface area contributed by atoms with Crippen LogP contribution < -0.4 is 0 Å². The molecule has 2 aliphatic carbocycles. The molecule has 116 valence electrons. The second-order valence-corrected chi connectivity index (χ2v) is 8.10. The van der Waals surface area contributed by atoms with Crippen LogP contribution in [0.1, 0.15) is 75.5 Å². The van der Waals surface area contributed by atoms with Crippen molar-refractivity contribution in [2.24, 2.45) is 11.3 Å². The van der Waals surface area contributed by atoms with Gasteiger partial charge in [0.25, 0.3) is 0 Å². The molecule has 0 radical (unpaired) electrons. The van der Waals surface area contributed by atoms with Crippen LogP contribution in [0.25, 0.3) is 0 Å². The lowest BCUT2D eigenvalue weighted by atomic mass is 9.57. The molecule has 1 saturated carbocycles. The molecule has 3 rings (SSSR count). The largest absolute Gasteiger partial charge is 0.508 e. The van der Waals surface area contributed by atoms with E-state index in [4.69, 9.17) is 0 Å². The number of phenols is 1. The molecule has 0 aliphatic heterocycles. The zero-order valence-corrected chi connectivity index (χ0v) is 13.7. The van der Waals surface area contributed by atoms with Crippen molar-refractivity contribution < 1.29 is 10.2 Å². The van der Waals surface area contributed by atoms with E-state index >= 15 is 0 Å². The molecule has 0 heterocycles. The number of phenolic OH excluding ortho intramolecular Hbond substituents is 1. The number of rotatable bonds is 1. The molecule has 2 N–H and O–H groups in total. The zero-order valence-electron chi connectivity index (χ0n) is 13.7. The van der Waals surface area contributed by atoms with Crippen LogP contribution in [-0.4, -0.2) is 16.3 Å². The molecule has 0 unspecified atom stereocenters. The normalized spacial score (nSPS) is 30.9. The van der Waals surface area contributed by atoms with Crippen LogP contribution in [0.4, 0.5) is 0 Å². The van der Waals surface area contributed by atoms with Crippen molar-refractivity contribution in [3.05, 3.63) is 28.8 Å². The lowest BCUT2D eigenvalue weighted by molar-refractivity contribution is -0.0000407. The predicted molar refractivity (Wildman–Crippen MR) is 85.8 cm³/mol. The summed E-state index contributed by atoms with van der Waals surface area (Å²) >= 11 is 0. The van der Waals surface area contributed by atoms with Crippen LogP contribution in [0, 0.1) is 11.3 Å². The van der Waals surface area contributed by atoms with Gasteiger partial charge in [-0.3, -0.25) is 0 Å². The smallest absolute Gasteiger partial charge is 0.119 e. The number of benzene rings is 1. The first-order chi connectivity index (χ1) is 9.79. The number of aromatic hydroxyl groups is 1. The SMILES string of the molecule is CC(C)c1cc2c(cc1O)[C@@H]1C[C@H](O)CC(C)(C)[C@H]1CC2. The predicted octanol–water partition coefficient (Wildman–Crippen LogP) is 4.34. The Morgan fingerprint density at radius 3 is 2.62 bits per heavy atom. The van der Waals surface area contributed by atoms with Gasteiger partial charge >= 0.3 is 0 Å². The third kappa shape index (κ3) is 2.48. The maximum absolute atomic E-state index is 10.4. The fourth-order valence-corrected chi connectivity index (χ4v) is 4.78. The van der Waals surface area contributed by atoms with E-state index in [9.17, 15) is 10.2 Å². The van der Waals surface area contributed by atoms with E-state index in [2.05, 4.69) is 33.8 Å². The van der Waals surface area contributed by atoms with Gasteiger partial charge in [-0.2, -0.15) is 0 Å². The molecule has 1 aromatic carbocycles. The summed E-state index contributed by atoms with van der Waals surface area (Å²) in [5, 5.41) is 20.6. The minimum Gasteiger partial charge on any atom is -0.508 e. The van der Waals surface area contributed by atoms with Gasteiger partial charge in [-0.05, 0) is 71.6 Å². The van der Waals surface area contributed by atoms with Crippen molar-refractivity contribution >= 4 is 0 Å². The molecule has 2 heteroatoms. The number of hydrogen-bond acceptors (Lipinski definition) is 2. The molecule has 3 atom stereocenters. The van der Waals surface area contributed by atoms with Crippen LogP contribution in [-0.2, 0) is 6.42 Å². The summed E-state index contributed by atoms with van der Waals surface area (Å²) in [5.74, 6) is 1.81. The van der Waals surface area contributed by atoms with Gasteiger partial charge in [0.1, 0.15) is 5.75 Å². The summed E-state index contributed by atoms with van der Waals surface area (Å²) in [5.41, 5.74) is 3.93. The number of fused-ring (bicyclic) bond motifs is 3. The molecule has 0 saturated heterocycles. The minimum absolute atomic E-state index is 0.187. The van der Waals surface area contributed by atoms with Gasteiger partial charge in [-0.15, -0.1) is 0 Å². The second-order valence-electron chi connectivity index (χ2n) is 8.10. The van der Waals surface area contributed by atoms with E-state index in [1.165, 1.54) is 17.5 Å². The van der Waals surface area contributed by atoms with Crippen LogP contribution >= 0.6 is 0 Å². The maximum atomic E-state index is 10.4. The van der Waals surface area contributed by atoms with E-state index in [1.807, 2.05) is 6.07 Å². The summed E-state index contributed by atoms with van der Waals surface area (Å²) in [7, 11) is 0. The molecule has 0 spiro atoms. The highest BCUT2D eigenvalue weighted by Crippen LogP contribution is 2.54. The molecule has 0 bridgehead atoms. The van der Waals surface area contributed by atoms with Gasteiger partial charge in [0.2, 0.25) is 0 Å². The molecule has 0 aromatic heterocycles. The van der Waals surface area contributed by atoms with Gasteiger partial charge < -0.3 is 10.2 Å². The quantitative estimate of drug-likeness (QED) is 0.807. The van der Waals surface area contributed by atoms with Gasteiger partial charge in [-0.1, -0.05) is 33.8 Å². The molecular formula is C19H28O2. The molecule has 2 nitrogen and oxygen atoms in total. The average molecular weight is 288 g/mol. The molecule has 1 fully saturated rings. The summed E-state index contributed by atoms with van der Waals surface area (Å²) in [4.78, 5) is 0. The first-order valence-corrected chi connectivity index (χ1v) is 8.33. The van der Waals surface area contributed by atoms with Gasteiger partial charge in [0, 0.05) is 0 Å². The molecule has 0 amide bonds. The van der Waals surface area contributed by atoms with E-state index in [1.54, 1.807) is 0 Å². The summed E-state index contributed by atoms with van der Waals surface area (Å²) in [6.07, 6.45) is 3.86. The van der Waals surface area contributed by atoms with Crippen molar-refractivity contribution in [1.29, 1.82) is 0 Å². The van der Waals surface area contributed by atoms with Gasteiger partial charge in [0.05, 0.1) is 6.10 Å². The Bertz CT molecular complexity index is 545. The standard InChI is InChI=1S/C19H28O2/c1-11(2)14-7-12-5-6-17-16(15(12)9-18(14)21)8-13(20)10-19(17,3)4/h7,9,11,13,16-17,20-21H,5-6,8,10H2,1-4H3/t13-,16-,17-/m0/s1. The van der Waals surface area contributed by atoms with E-state index in [-0.39, 0.29) is 11.5 Å². The van der Waals surface area contributed by atoms with Crippen LogP contribution in [0.15, 0.2) is 12.1 Å². The number of aliphatic hydroxyl groups excluding tert-OH is 1. The number of aryl methyl sites for hydroxylation is 1. The summed E-state index contributed by atoms with van der Waals surface area (Å²) in [6, 6.07) is 4.20. The van der Waals surface area contributed by atoms with Crippen molar-refractivity contribution in [3.8, 4) is 5.75 Å². The molecule has 2 aliphatic rings.